The van der Waals surface area contributed by atoms with Crippen LogP contribution in [0, 0.1) is 0 Å². The van der Waals surface area contributed by atoms with E-state index in [1.54, 1.807) is 35.9 Å². The third-order valence-corrected chi connectivity index (χ3v) is 6.47. The van der Waals surface area contributed by atoms with Gasteiger partial charge in [-0.2, -0.15) is 5.01 Å². The Labute approximate surface area is 227 Å². The van der Waals surface area contributed by atoms with Crippen molar-refractivity contribution in [2.24, 2.45) is 10.1 Å². The van der Waals surface area contributed by atoms with Gasteiger partial charge in [0.1, 0.15) is 0 Å². The van der Waals surface area contributed by atoms with E-state index in [-0.39, 0.29) is 12.4 Å². The number of hydrogen-bond acceptors (Lipinski definition) is 8. The highest BCUT2D eigenvalue weighted by Gasteiger charge is 2.46. The van der Waals surface area contributed by atoms with Crippen molar-refractivity contribution < 1.29 is 14.3 Å². The SMILES string of the molecule is CCOC(=O)C1=C(C)N=C2N(c3ccccc3)N=C(C(=O)Nc3ccccc3)N2C1c1ccc(N(C)C)cc1. The summed E-state index contributed by atoms with van der Waals surface area (Å²) in [6.07, 6.45) is 0. The second kappa shape index (κ2) is 10.8. The topological polar surface area (TPSA) is 89.8 Å². The van der Waals surface area contributed by atoms with Crippen LogP contribution in [-0.4, -0.2) is 49.3 Å². The number of amides is 1. The van der Waals surface area contributed by atoms with Crippen molar-refractivity contribution in [3.63, 3.8) is 0 Å². The molecule has 2 aliphatic heterocycles. The molecular formula is C30H30N6O3. The van der Waals surface area contributed by atoms with Crippen LogP contribution >= 0.6 is 0 Å². The predicted molar refractivity (Wildman–Crippen MR) is 154 cm³/mol. The Morgan fingerprint density at radius 3 is 2.21 bits per heavy atom. The number of fused-ring (bicyclic) bond motifs is 1. The van der Waals surface area contributed by atoms with Crippen LogP contribution in [-0.2, 0) is 14.3 Å². The molecule has 0 saturated heterocycles. The largest absolute Gasteiger partial charge is 0.463 e. The second-order valence-electron chi connectivity index (χ2n) is 9.28. The first kappa shape index (κ1) is 25.7. The lowest BCUT2D eigenvalue weighted by Crippen LogP contribution is -2.48. The third-order valence-electron chi connectivity index (χ3n) is 6.47. The molecule has 1 unspecified atom stereocenters. The highest BCUT2D eigenvalue weighted by molar-refractivity contribution is 6.47. The van der Waals surface area contributed by atoms with Crippen molar-refractivity contribution in [1.82, 2.24) is 4.90 Å². The third kappa shape index (κ3) is 4.98. The Balaban J connectivity index is 1.67. The summed E-state index contributed by atoms with van der Waals surface area (Å²) in [5.41, 5.74) is 4.02. The molecule has 0 spiro atoms. The number of carbonyl (C=O) groups excluding carboxylic acids is 2. The Hall–Kier alpha value is -4.92. The minimum atomic E-state index is -0.693. The second-order valence-corrected chi connectivity index (χ2v) is 9.28. The smallest absolute Gasteiger partial charge is 0.338 e. The summed E-state index contributed by atoms with van der Waals surface area (Å²) < 4.78 is 5.46. The van der Waals surface area contributed by atoms with E-state index in [4.69, 9.17) is 14.8 Å². The number of benzene rings is 3. The van der Waals surface area contributed by atoms with E-state index < -0.39 is 17.9 Å². The van der Waals surface area contributed by atoms with E-state index in [1.807, 2.05) is 91.8 Å². The van der Waals surface area contributed by atoms with Crippen LogP contribution in [0.15, 0.2) is 106 Å². The number of ether oxygens (including phenoxy) is 1. The number of guanidine groups is 1. The molecule has 9 heteroatoms. The zero-order valence-corrected chi connectivity index (χ0v) is 22.3. The highest BCUT2D eigenvalue weighted by atomic mass is 16.5. The van der Waals surface area contributed by atoms with Crippen LogP contribution in [0.3, 0.4) is 0 Å². The molecule has 198 valence electrons. The van der Waals surface area contributed by atoms with Gasteiger partial charge in [0.2, 0.25) is 11.8 Å². The summed E-state index contributed by atoms with van der Waals surface area (Å²) >= 11 is 0. The molecule has 5 rings (SSSR count). The van der Waals surface area contributed by atoms with Crippen molar-refractivity contribution in [1.29, 1.82) is 0 Å². The van der Waals surface area contributed by atoms with Gasteiger partial charge in [-0.25, -0.2) is 9.79 Å². The van der Waals surface area contributed by atoms with Gasteiger partial charge < -0.3 is 15.0 Å². The van der Waals surface area contributed by atoms with Gasteiger partial charge in [0, 0.05) is 25.5 Å². The van der Waals surface area contributed by atoms with E-state index in [0.29, 0.717) is 22.9 Å². The fraction of sp³-hybridized carbons (Fsp3) is 0.200. The van der Waals surface area contributed by atoms with E-state index in [9.17, 15) is 9.59 Å². The molecule has 2 heterocycles. The normalized spacial score (nSPS) is 16.4. The molecule has 39 heavy (non-hydrogen) atoms. The molecule has 3 aromatic rings. The standard InChI is InChI=1S/C30H30N6O3/c1-5-39-29(38)25-20(2)31-30-35(26(25)21-16-18-23(19-17-21)34(3)4)27(28(37)32-22-12-8-6-9-13-22)33-36(30)24-14-10-7-11-15-24/h6-19,26H,5H2,1-4H3,(H,32,37). The summed E-state index contributed by atoms with van der Waals surface area (Å²) in [7, 11) is 3.93. The maximum atomic E-state index is 13.7. The molecule has 9 nitrogen and oxygen atoms in total. The maximum Gasteiger partial charge on any atom is 0.338 e. The van der Waals surface area contributed by atoms with Gasteiger partial charge in [0.15, 0.2) is 0 Å². The van der Waals surface area contributed by atoms with E-state index in [2.05, 4.69) is 5.32 Å². The fourth-order valence-corrected chi connectivity index (χ4v) is 4.60. The summed E-state index contributed by atoms with van der Waals surface area (Å²) in [4.78, 5) is 35.6. The molecular weight excluding hydrogens is 492 g/mol. The average molecular weight is 523 g/mol. The lowest BCUT2D eigenvalue weighted by atomic mass is 9.93. The lowest BCUT2D eigenvalue weighted by molar-refractivity contribution is -0.139. The van der Waals surface area contributed by atoms with E-state index in [1.165, 1.54) is 0 Å². The Bertz CT molecular complexity index is 1460. The number of aliphatic imine (C=N–C) groups is 1. The number of allylic oxidation sites excluding steroid dienone is 1. The minimum Gasteiger partial charge on any atom is -0.463 e. The number of para-hydroxylation sites is 2. The molecule has 1 N–H and O–H groups in total. The predicted octanol–water partition coefficient (Wildman–Crippen LogP) is 4.77. The van der Waals surface area contributed by atoms with Gasteiger partial charge in [-0.1, -0.05) is 48.5 Å². The van der Waals surface area contributed by atoms with E-state index >= 15 is 0 Å². The number of amidine groups is 1. The van der Waals surface area contributed by atoms with Crippen LogP contribution in [0.4, 0.5) is 17.1 Å². The number of carbonyl (C=O) groups is 2. The number of nitrogens with zero attached hydrogens (tertiary/aromatic N) is 5. The van der Waals surface area contributed by atoms with Crippen LogP contribution in [0.2, 0.25) is 0 Å². The van der Waals surface area contributed by atoms with Crippen LogP contribution in [0.1, 0.15) is 25.5 Å². The summed E-state index contributed by atoms with van der Waals surface area (Å²) in [5.74, 6) is -0.380. The zero-order valence-electron chi connectivity index (χ0n) is 22.3. The van der Waals surface area contributed by atoms with Gasteiger partial charge in [-0.05, 0) is 55.8 Å². The van der Waals surface area contributed by atoms with Gasteiger partial charge in [0.25, 0.3) is 5.91 Å². The molecule has 0 fully saturated rings. The number of esters is 1. The Morgan fingerprint density at radius 2 is 1.59 bits per heavy atom. The zero-order chi connectivity index (χ0) is 27.5. The van der Waals surface area contributed by atoms with Crippen LogP contribution in [0.5, 0.6) is 0 Å². The number of hydrazone groups is 1. The number of anilines is 3. The van der Waals surface area contributed by atoms with Crippen molar-refractivity contribution in [2.75, 3.05) is 35.9 Å². The van der Waals surface area contributed by atoms with Crippen molar-refractivity contribution in [3.8, 4) is 0 Å². The molecule has 3 aromatic carbocycles. The Morgan fingerprint density at radius 1 is 0.949 bits per heavy atom. The Kier molecular flexibility index (Phi) is 7.14. The lowest BCUT2D eigenvalue weighted by Gasteiger charge is -2.35. The van der Waals surface area contributed by atoms with Crippen molar-refractivity contribution >= 4 is 40.7 Å². The summed E-state index contributed by atoms with van der Waals surface area (Å²) in [6, 6.07) is 25.8. The first-order valence-corrected chi connectivity index (χ1v) is 12.7. The van der Waals surface area contributed by atoms with Crippen LogP contribution < -0.4 is 15.2 Å². The first-order chi connectivity index (χ1) is 18.9. The van der Waals surface area contributed by atoms with Crippen molar-refractivity contribution in [3.05, 3.63) is 102 Å². The molecule has 0 bridgehead atoms. The van der Waals surface area contributed by atoms with Crippen molar-refractivity contribution in [2.45, 2.75) is 19.9 Å². The molecule has 0 aliphatic carbocycles. The summed E-state index contributed by atoms with van der Waals surface area (Å²) in [6.45, 7) is 3.76. The first-order valence-electron chi connectivity index (χ1n) is 12.7. The van der Waals surface area contributed by atoms with Gasteiger partial charge in [0.05, 0.1) is 29.6 Å². The molecule has 1 atom stereocenters. The number of hydrogen-bond donors (Lipinski definition) is 1. The highest BCUT2D eigenvalue weighted by Crippen LogP contribution is 2.40. The molecule has 2 aliphatic rings. The number of rotatable bonds is 7. The molecule has 1 amide bonds. The average Bonchev–Trinajstić information content (AvgIpc) is 3.32. The molecule has 0 saturated carbocycles. The van der Waals surface area contributed by atoms with Gasteiger partial charge >= 0.3 is 5.97 Å². The van der Waals surface area contributed by atoms with E-state index in [0.717, 1.165) is 16.9 Å². The quantitative estimate of drug-likeness (QED) is 0.450. The minimum absolute atomic E-state index is 0.109. The summed E-state index contributed by atoms with van der Waals surface area (Å²) in [5, 5.41) is 9.31. The monoisotopic (exact) mass is 522 g/mol. The van der Waals surface area contributed by atoms with Crippen LogP contribution in [0.25, 0.3) is 0 Å². The maximum absolute atomic E-state index is 13.7. The molecule has 0 aromatic heterocycles. The van der Waals surface area contributed by atoms with Gasteiger partial charge in [-0.15, -0.1) is 5.10 Å². The van der Waals surface area contributed by atoms with Gasteiger partial charge in [-0.3, -0.25) is 9.69 Å². The molecule has 0 radical (unpaired) electrons. The number of nitrogens with one attached hydrogen (secondary N) is 1. The fourth-order valence-electron chi connectivity index (χ4n) is 4.60.